The van der Waals surface area contributed by atoms with Crippen molar-refractivity contribution in [3.8, 4) is 0 Å². The third-order valence-corrected chi connectivity index (χ3v) is 4.74. The van der Waals surface area contributed by atoms with Crippen LogP contribution in [0.4, 0.5) is 0 Å². The molecule has 5 heteroatoms. The molecule has 1 atom stereocenters. The van der Waals surface area contributed by atoms with Gasteiger partial charge in [-0.3, -0.25) is 9.78 Å². The lowest BCUT2D eigenvalue weighted by molar-refractivity contribution is 0.0892. The molecule has 0 unspecified atom stereocenters. The van der Waals surface area contributed by atoms with Crippen molar-refractivity contribution < 1.29 is 4.79 Å². The van der Waals surface area contributed by atoms with E-state index in [0.717, 1.165) is 18.5 Å². The molecule has 1 aliphatic rings. The van der Waals surface area contributed by atoms with Crippen LogP contribution in [0.1, 0.15) is 55.2 Å². The smallest absolute Gasteiger partial charge is 0.253 e. The van der Waals surface area contributed by atoms with Gasteiger partial charge in [0.25, 0.3) is 5.91 Å². The van der Waals surface area contributed by atoms with Crippen molar-refractivity contribution in [1.29, 1.82) is 0 Å². The number of rotatable bonds is 4. The fourth-order valence-corrected chi connectivity index (χ4v) is 3.10. The fraction of sp³-hybridized carbons (Fsp3) is 0.526. The standard InChI is InChI=1S/C19H26N4O/c1-19(2,3)17(12-23-9-8-20-13-23)22-18(24)15-10-14-6-4-5-7-16(14)21-11-15/h8-11,13,17H,4-7,12H2,1-3H3,(H,22,24)/t17-/m1/s1. The number of nitrogens with zero attached hydrogens (tertiary/aromatic N) is 3. The van der Waals surface area contributed by atoms with E-state index >= 15 is 0 Å². The van der Waals surface area contributed by atoms with Gasteiger partial charge in [0.2, 0.25) is 0 Å². The van der Waals surface area contributed by atoms with Crippen molar-refractivity contribution in [2.45, 2.75) is 59.0 Å². The Labute approximate surface area is 143 Å². The van der Waals surface area contributed by atoms with E-state index in [4.69, 9.17) is 0 Å². The van der Waals surface area contributed by atoms with E-state index in [0.29, 0.717) is 12.1 Å². The molecule has 128 valence electrons. The molecule has 0 saturated heterocycles. The largest absolute Gasteiger partial charge is 0.347 e. The molecule has 0 fully saturated rings. The lowest BCUT2D eigenvalue weighted by Gasteiger charge is -2.32. The van der Waals surface area contributed by atoms with Gasteiger partial charge < -0.3 is 9.88 Å². The fourth-order valence-electron chi connectivity index (χ4n) is 3.10. The van der Waals surface area contributed by atoms with Crippen LogP contribution in [0.3, 0.4) is 0 Å². The molecular formula is C19H26N4O. The second kappa shape index (κ2) is 6.75. The summed E-state index contributed by atoms with van der Waals surface area (Å²) in [6.07, 6.45) is 11.6. The molecular weight excluding hydrogens is 300 g/mol. The number of amides is 1. The van der Waals surface area contributed by atoms with Gasteiger partial charge in [-0.1, -0.05) is 20.8 Å². The molecule has 2 aromatic rings. The van der Waals surface area contributed by atoms with Crippen molar-refractivity contribution in [1.82, 2.24) is 19.9 Å². The number of imidazole rings is 1. The topological polar surface area (TPSA) is 59.8 Å². The highest BCUT2D eigenvalue weighted by Crippen LogP contribution is 2.23. The predicted octanol–water partition coefficient (Wildman–Crippen LogP) is 3.00. The van der Waals surface area contributed by atoms with E-state index in [2.05, 4.69) is 36.1 Å². The SMILES string of the molecule is CC(C)(C)[C@@H](Cn1ccnc1)NC(=O)c1cnc2c(c1)CCCC2. The van der Waals surface area contributed by atoms with Gasteiger partial charge in [0.1, 0.15) is 0 Å². The molecule has 0 radical (unpaired) electrons. The normalized spacial score (nSPS) is 15.6. The number of nitrogens with one attached hydrogen (secondary N) is 1. The van der Waals surface area contributed by atoms with Gasteiger partial charge in [-0.15, -0.1) is 0 Å². The average molecular weight is 326 g/mol. The third kappa shape index (κ3) is 3.83. The van der Waals surface area contributed by atoms with Crippen LogP contribution in [0.25, 0.3) is 0 Å². The Morgan fingerprint density at radius 3 is 2.83 bits per heavy atom. The number of aromatic nitrogens is 3. The third-order valence-electron chi connectivity index (χ3n) is 4.74. The first-order valence-electron chi connectivity index (χ1n) is 8.68. The van der Waals surface area contributed by atoms with Crippen LogP contribution in [-0.4, -0.2) is 26.5 Å². The minimum absolute atomic E-state index is 0.00947. The van der Waals surface area contributed by atoms with E-state index in [1.165, 1.54) is 18.4 Å². The quantitative estimate of drug-likeness (QED) is 0.939. The number of hydrogen-bond donors (Lipinski definition) is 1. The van der Waals surface area contributed by atoms with Gasteiger partial charge >= 0.3 is 0 Å². The summed E-state index contributed by atoms with van der Waals surface area (Å²) >= 11 is 0. The maximum Gasteiger partial charge on any atom is 0.253 e. The summed E-state index contributed by atoms with van der Waals surface area (Å²) in [5.74, 6) is -0.0455. The number of carbonyl (C=O) groups is 1. The number of hydrogen-bond acceptors (Lipinski definition) is 3. The zero-order valence-electron chi connectivity index (χ0n) is 14.7. The zero-order valence-corrected chi connectivity index (χ0v) is 14.7. The van der Waals surface area contributed by atoms with Gasteiger partial charge in [-0.2, -0.15) is 0 Å². The molecule has 1 aliphatic carbocycles. The van der Waals surface area contributed by atoms with E-state index in [1.807, 2.05) is 16.8 Å². The molecule has 1 N–H and O–H groups in total. The molecule has 3 rings (SSSR count). The van der Waals surface area contributed by atoms with Crippen LogP contribution < -0.4 is 5.32 Å². The van der Waals surface area contributed by atoms with Crippen LogP contribution in [0.2, 0.25) is 0 Å². The number of fused-ring (bicyclic) bond motifs is 1. The van der Waals surface area contributed by atoms with Crippen molar-refractivity contribution >= 4 is 5.91 Å². The first-order valence-corrected chi connectivity index (χ1v) is 8.68. The van der Waals surface area contributed by atoms with Crippen molar-refractivity contribution in [2.75, 3.05) is 0 Å². The monoisotopic (exact) mass is 326 g/mol. The van der Waals surface area contributed by atoms with E-state index in [9.17, 15) is 4.79 Å². The Morgan fingerprint density at radius 2 is 2.12 bits per heavy atom. The average Bonchev–Trinajstić information content (AvgIpc) is 3.06. The molecule has 2 aromatic heterocycles. The Bertz CT molecular complexity index is 701. The second-order valence-corrected chi connectivity index (χ2v) is 7.69. The Hall–Kier alpha value is -2.17. The van der Waals surface area contributed by atoms with E-state index in [1.54, 1.807) is 18.7 Å². The molecule has 5 nitrogen and oxygen atoms in total. The minimum atomic E-state index is -0.0540. The predicted molar refractivity (Wildman–Crippen MR) is 93.8 cm³/mol. The van der Waals surface area contributed by atoms with Gasteiger partial charge in [-0.05, 0) is 42.7 Å². The molecule has 0 saturated carbocycles. The second-order valence-electron chi connectivity index (χ2n) is 7.69. The maximum absolute atomic E-state index is 12.7. The Morgan fingerprint density at radius 1 is 1.33 bits per heavy atom. The number of carbonyl (C=O) groups excluding carboxylic acids is 1. The first-order chi connectivity index (χ1) is 11.4. The van der Waals surface area contributed by atoms with Crippen molar-refractivity contribution in [3.05, 3.63) is 47.8 Å². The van der Waals surface area contributed by atoms with Gasteiger partial charge in [0.15, 0.2) is 0 Å². The summed E-state index contributed by atoms with van der Waals surface area (Å²) in [5.41, 5.74) is 3.00. The Kier molecular flexibility index (Phi) is 4.69. The lowest BCUT2D eigenvalue weighted by Crippen LogP contribution is -2.46. The van der Waals surface area contributed by atoms with Crippen molar-refractivity contribution in [2.24, 2.45) is 5.41 Å². The molecule has 0 bridgehead atoms. The number of pyridine rings is 1. The van der Waals surface area contributed by atoms with Crippen LogP contribution in [0, 0.1) is 5.41 Å². The van der Waals surface area contributed by atoms with Gasteiger partial charge in [0, 0.05) is 30.8 Å². The van der Waals surface area contributed by atoms with Gasteiger partial charge in [0.05, 0.1) is 17.9 Å². The summed E-state index contributed by atoms with van der Waals surface area (Å²) in [6.45, 7) is 7.12. The highest BCUT2D eigenvalue weighted by molar-refractivity contribution is 5.94. The summed E-state index contributed by atoms with van der Waals surface area (Å²) < 4.78 is 2.00. The van der Waals surface area contributed by atoms with Crippen LogP contribution in [0.15, 0.2) is 31.0 Å². The summed E-state index contributed by atoms with van der Waals surface area (Å²) in [6, 6.07) is 2.03. The molecule has 0 aromatic carbocycles. The maximum atomic E-state index is 12.7. The summed E-state index contributed by atoms with van der Waals surface area (Å²) in [4.78, 5) is 21.3. The summed E-state index contributed by atoms with van der Waals surface area (Å²) in [7, 11) is 0. The minimum Gasteiger partial charge on any atom is -0.347 e. The van der Waals surface area contributed by atoms with Crippen LogP contribution >= 0.6 is 0 Å². The highest BCUT2D eigenvalue weighted by Gasteiger charge is 2.27. The molecule has 0 spiro atoms. The van der Waals surface area contributed by atoms with Crippen molar-refractivity contribution in [3.63, 3.8) is 0 Å². The van der Waals surface area contributed by atoms with E-state index in [-0.39, 0.29) is 17.4 Å². The number of aryl methyl sites for hydroxylation is 2. The highest BCUT2D eigenvalue weighted by atomic mass is 16.1. The van der Waals surface area contributed by atoms with Gasteiger partial charge in [-0.25, -0.2) is 4.98 Å². The molecule has 1 amide bonds. The molecule has 24 heavy (non-hydrogen) atoms. The lowest BCUT2D eigenvalue weighted by atomic mass is 9.86. The van der Waals surface area contributed by atoms with Crippen LogP contribution in [0.5, 0.6) is 0 Å². The molecule has 0 aliphatic heterocycles. The summed E-state index contributed by atoms with van der Waals surface area (Å²) in [5, 5.41) is 3.19. The molecule has 2 heterocycles. The first kappa shape index (κ1) is 16.7. The van der Waals surface area contributed by atoms with Crippen LogP contribution in [-0.2, 0) is 19.4 Å². The zero-order chi connectivity index (χ0) is 17.2. The Balaban J connectivity index is 1.75. The van der Waals surface area contributed by atoms with E-state index < -0.39 is 0 Å².